The molecule has 2 atom stereocenters. The van der Waals surface area contributed by atoms with E-state index in [1.54, 1.807) is 0 Å². The zero-order valence-corrected chi connectivity index (χ0v) is 13.6. The summed E-state index contributed by atoms with van der Waals surface area (Å²) < 4.78 is 12.2. The van der Waals surface area contributed by atoms with E-state index in [1.165, 1.54) is 44.9 Å². The summed E-state index contributed by atoms with van der Waals surface area (Å²) in [5, 5.41) is 0. The smallest absolute Gasteiger partial charge is 0.344 e. The maximum absolute atomic E-state index is 6.11. The van der Waals surface area contributed by atoms with Crippen molar-refractivity contribution < 1.29 is 8.85 Å². The second kappa shape index (κ2) is 6.06. The summed E-state index contributed by atoms with van der Waals surface area (Å²) in [4.78, 5) is 0. The highest BCUT2D eigenvalue weighted by Gasteiger charge is 2.53. The summed E-state index contributed by atoms with van der Waals surface area (Å²) in [6.45, 7) is 4.77. The van der Waals surface area contributed by atoms with Crippen molar-refractivity contribution in [1.82, 2.24) is 0 Å². The molecule has 18 heavy (non-hydrogen) atoms. The molecule has 2 aliphatic carbocycles. The largest absolute Gasteiger partial charge is 0.397 e. The molecule has 2 unspecified atom stereocenters. The minimum absolute atomic E-state index is 0.735. The zero-order valence-electron chi connectivity index (χ0n) is 12.6. The Morgan fingerprint density at radius 2 is 1.22 bits per heavy atom. The lowest BCUT2D eigenvalue weighted by atomic mass is 9.90. The van der Waals surface area contributed by atoms with Crippen LogP contribution in [-0.2, 0) is 8.85 Å². The fraction of sp³-hybridized carbons (Fsp3) is 1.00. The minimum Gasteiger partial charge on any atom is -0.397 e. The predicted octanol–water partition coefficient (Wildman–Crippen LogP) is 4.49. The molecule has 0 radical (unpaired) electrons. The lowest BCUT2D eigenvalue weighted by Gasteiger charge is -2.42. The highest BCUT2D eigenvalue weighted by Crippen LogP contribution is 2.51. The van der Waals surface area contributed by atoms with Gasteiger partial charge in [0, 0.05) is 25.3 Å². The fourth-order valence-corrected chi connectivity index (χ4v) is 8.92. The van der Waals surface area contributed by atoms with E-state index in [2.05, 4.69) is 13.8 Å². The van der Waals surface area contributed by atoms with Crippen LogP contribution in [0.15, 0.2) is 0 Å². The second-order valence-corrected chi connectivity index (χ2v) is 10.6. The normalized spacial score (nSPS) is 38.0. The van der Waals surface area contributed by atoms with Gasteiger partial charge in [-0.1, -0.05) is 33.1 Å². The molecule has 0 heterocycles. The first-order valence-electron chi connectivity index (χ1n) is 7.72. The molecule has 0 spiro atoms. The van der Waals surface area contributed by atoms with Crippen molar-refractivity contribution in [1.29, 1.82) is 0 Å². The van der Waals surface area contributed by atoms with Gasteiger partial charge in [-0.25, -0.2) is 0 Å². The number of hydrogen-bond donors (Lipinski definition) is 0. The predicted molar refractivity (Wildman–Crippen MR) is 77.9 cm³/mol. The van der Waals surface area contributed by atoms with Crippen LogP contribution >= 0.6 is 0 Å². The molecule has 0 aliphatic heterocycles. The standard InChI is InChI=1S/C15H30O2Si/c1-12-5-8-14(9-6-12)18(16-3,17-4)15-10-7-13(2)11-15/h12-15H,5-11H2,1-4H3. The molecular weight excluding hydrogens is 240 g/mol. The molecule has 0 aromatic heterocycles. The molecular formula is C15H30O2Si. The Hall–Kier alpha value is 0.137. The zero-order chi connectivity index (χ0) is 13.2. The van der Waals surface area contributed by atoms with Gasteiger partial charge in [-0.3, -0.25) is 0 Å². The van der Waals surface area contributed by atoms with Crippen LogP contribution in [0.4, 0.5) is 0 Å². The van der Waals surface area contributed by atoms with Crippen LogP contribution in [0, 0.1) is 11.8 Å². The van der Waals surface area contributed by atoms with Crippen LogP contribution in [0.1, 0.15) is 58.8 Å². The van der Waals surface area contributed by atoms with Gasteiger partial charge in [-0.05, 0) is 37.5 Å². The molecule has 2 fully saturated rings. The Morgan fingerprint density at radius 3 is 1.67 bits per heavy atom. The molecule has 106 valence electrons. The molecule has 3 heteroatoms. The van der Waals surface area contributed by atoms with Gasteiger partial charge in [0.1, 0.15) is 0 Å². The van der Waals surface area contributed by atoms with Crippen molar-refractivity contribution >= 4 is 8.56 Å². The quantitative estimate of drug-likeness (QED) is 0.701. The third-order valence-corrected chi connectivity index (χ3v) is 10.1. The molecule has 0 N–H and O–H groups in total. The summed E-state index contributed by atoms with van der Waals surface area (Å²) in [6.07, 6.45) is 9.44. The molecule has 2 saturated carbocycles. The number of rotatable bonds is 4. The van der Waals surface area contributed by atoms with Crippen LogP contribution in [0.3, 0.4) is 0 Å². The van der Waals surface area contributed by atoms with Crippen LogP contribution in [0.5, 0.6) is 0 Å². The highest BCUT2D eigenvalue weighted by molar-refractivity contribution is 6.70. The second-order valence-electron chi connectivity index (χ2n) is 6.70. The highest BCUT2D eigenvalue weighted by atomic mass is 28.4. The summed E-state index contributed by atoms with van der Waals surface area (Å²) >= 11 is 0. The van der Waals surface area contributed by atoms with E-state index in [4.69, 9.17) is 8.85 Å². The van der Waals surface area contributed by atoms with Crippen molar-refractivity contribution in [2.45, 2.75) is 69.9 Å². The molecule has 2 rings (SSSR count). The Labute approximate surface area is 114 Å². The number of hydrogen-bond acceptors (Lipinski definition) is 2. The Morgan fingerprint density at radius 1 is 0.722 bits per heavy atom. The van der Waals surface area contributed by atoms with Crippen LogP contribution in [0.2, 0.25) is 11.1 Å². The Bertz CT molecular complexity index is 257. The summed E-state index contributed by atoms with van der Waals surface area (Å²) in [7, 11) is 1.85. The van der Waals surface area contributed by atoms with Crippen LogP contribution in [-0.4, -0.2) is 22.8 Å². The minimum atomic E-state index is -1.98. The van der Waals surface area contributed by atoms with E-state index in [9.17, 15) is 0 Å². The van der Waals surface area contributed by atoms with Gasteiger partial charge < -0.3 is 8.85 Å². The average molecular weight is 270 g/mol. The maximum atomic E-state index is 6.11. The first kappa shape index (κ1) is 14.5. The third kappa shape index (κ3) is 2.68. The van der Waals surface area contributed by atoms with Crippen LogP contribution < -0.4 is 0 Å². The van der Waals surface area contributed by atoms with E-state index >= 15 is 0 Å². The summed E-state index contributed by atoms with van der Waals surface area (Å²) in [5.74, 6) is 1.78. The lowest BCUT2D eigenvalue weighted by Crippen LogP contribution is -2.50. The summed E-state index contributed by atoms with van der Waals surface area (Å²) in [5.41, 5.74) is 1.47. The molecule has 0 amide bonds. The average Bonchev–Trinajstić information content (AvgIpc) is 2.81. The Balaban J connectivity index is 2.10. The van der Waals surface area contributed by atoms with E-state index in [0.29, 0.717) is 0 Å². The third-order valence-electron chi connectivity index (χ3n) is 5.49. The molecule has 2 aliphatic rings. The van der Waals surface area contributed by atoms with Crippen LogP contribution in [0.25, 0.3) is 0 Å². The van der Waals surface area contributed by atoms with E-state index in [-0.39, 0.29) is 0 Å². The van der Waals surface area contributed by atoms with Gasteiger partial charge in [-0.2, -0.15) is 0 Å². The van der Waals surface area contributed by atoms with Gasteiger partial charge >= 0.3 is 8.56 Å². The monoisotopic (exact) mass is 270 g/mol. The van der Waals surface area contributed by atoms with Gasteiger partial charge in [-0.15, -0.1) is 0 Å². The Kier molecular flexibility index (Phi) is 4.90. The molecule has 2 nitrogen and oxygen atoms in total. The van der Waals surface area contributed by atoms with Gasteiger partial charge in [0.25, 0.3) is 0 Å². The van der Waals surface area contributed by atoms with Crippen molar-refractivity contribution in [3.63, 3.8) is 0 Å². The molecule has 0 aromatic carbocycles. The summed E-state index contributed by atoms with van der Waals surface area (Å²) in [6, 6.07) is 0. The van der Waals surface area contributed by atoms with E-state index in [1.807, 2.05) is 14.2 Å². The molecule has 0 aromatic rings. The van der Waals surface area contributed by atoms with Crippen molar-refractivity contribution in [2.75, 3.05) is 14.2 Å². The van der Waals surface area contributed by atoms with Crippen molar-refractivity contribution in [2.24, 2.45) is 11.8 Å². The molecule has 0 saturated heterocycles. The van der Waals surface area contributed by atoms with E-state index < -0.39 is 8.56 Å². The SMILES string of the molecule is CO[Si](OC)(C1CCC(C)CC1)C1CCC(C)C1. The molecule has 0 bridgehead atoms. The van der Waals surface area contributed by atoms with Crippen molar-refractivity contribution in [3.05, 3.63) is 0 Å². The first-order valence-corrected chi connectivity index (χ1v) is 9.69. The first-order chi connectivity index (χ1) is 8.62. The van der Waals surface area contributed by atoms with Gasteiger partial charge in [0.05, 0.1) is 0 Å². The fourth-order valence-electron chi connectivity index (χ4n) is 4.32. The topological polar surface area (TPSA) is 18.5 Å². The van der Waals surface area contributed by atoms with E-state index in [0.717, 1.165) is 22.9 Å². The lowest BCUT2D eigenvalue weighted by molar-refractivity contribution is 0.196. The van der Waals surface area contributed by atoms with Gasteiger partial charge in [0.2, 0.25) is 0 Å². The van der Waals surface area contributed by atoms with Gasteiger partial charge in [0.15, 0.2) is 0 Å². The van der Waals surface area contributed by atoms with Crippen molar-refractivity contribution in [3.8, 4) is 0 Å². The maximum Gasteiger partial charge on any atom is 0.344 e.